The molecule has 3 nitrogen and oxygen atoms in total. The van der Waals surface area contributed by atoms with Gasteiger partial charge in [-0.15, -0.1) is 11.7 Å². The van der Waals surface area contributed by atoms with Gasteiger partial charge in [0.15, 0.2) is 0 Å². The van der Waals surface area contributed by atoms with Crippen molar-refractivity contribution in [3.8, 4) is 5.75 Å². The monoisotopic (exact) mass is 258 g/mol. The molecule has 16 heavy (non-hydrogen) atoms. The van der Waals surface area contributed by atoms with Gasteiger partial charge in [-0.3, -0.25) is 0 Å². The molecule has 0 unspecified atom stereocenters. The number of thiol groups is 1. The van der Waals surface area contributed by atoms with Crippen LogP contribution in [0.2, 0.25) is 0 Å². The van der Waals surface area contributed by atoms with Crippen LogP contribution in [0.15, 0.2) is 23.1 Å². The molecule has 1 rings (SSSR count). The van der Waals surface area contributed by atoms with Gasteiger partial charge >= 0.3 is 5.97 Å². The molecule has 0 bridgehead atoms. The highest BCUT2D eigenvalue weighted by atomic mass is 33.1. The minimum atomic E-state index is -0.954. The van der Waals surface area contributed by atoms with Crippen LogP contribution in [0.3, 0.4) is 0 Å². The van der Waals surface area contributed by atoms with Crippen LogP contribution in [-0.2, 0) is 0 Å². The van der Waals surface area contributed by atoms with Crippen LogP contribution in [0, 0.1) is 5.92 Å². The molecule has 1 aromatic carbocycles. The second-order valence-corrected chi connectivity index (χ2v) is 4.93. The fourth-order valence-corrected chi connectivity index (χ4v) is 1.87. The summed E-state index contributed by atoms with van der Waals surface area (Å²) in [5.74, 6) is 0.0185. The molecule has 1 N–H and O–H groups in total. The highest BCUT2D eigenvalue weighted by molar-refractivity contribution is 8.68. The second-order valence-electron chi connectivity index (χ2n) is 3.76. The predicted molar refractivity (Wildman–Crippen MR) is 68.6 cm³/mol. The largest absolute Gasteiger partial charge is 0.492 e. The van der Waals surface area contributed by atoms with Crippen LogP contribution in [0.4, 0.5) is 0 Å². The molecule has 0 aromatic heterocycles. The van der Waals surface area contributed by atoms with Crippen LogP contribution in [-0.4, -0.2) is 17.7 Å². The lowest BCUT2D eigenvalue weighted by Crippen LogP contribution is -2.06. The van der Waals surface area contributed by atoms with Crippen molar-refractivity contribution in [2.24, 2.45) is 5.92 Å². The van der Waals surface area contributed by atoms with E-state index in [-0.39, 0.29) is 5.56 Å². The van der Waals surface area contributed by atoms with Crippen molar-refractivity contribution >= 4 is 28.4 Å². The van der Waals surface area contributed by atoms with Crippen LogP contribution >= 0.6 is 22.5 Å². The van der Waals surface area contributed by atoms with E-state index in [4.69, 9.17) is 9.84 Å². The van der Waals surface area contributed by atoms with Crippen molar-refractivity contribution in [1.82, 2.24) is 0 Å². The first-order valence-electron chi connectivity index (χ1n) is 4.86. The maximum absolute atomic E-state index is 10.8. The third kappa shape index (κ3) is 3.64. The Kier molecular flexibility index (Phi) is 5.02. The van der Waals surface area contributed by atoms with Crippen molar-refractivity contribution in [2.75, 3.05) is 6.61 Å². The van der Waals surface area contributed by atoms with Crippen LogP contribution < -0.4 is 4.74 Å². The van der Waals surface area contributed by atoms with Gasteiger partial charge in [-0.05, 0) is 24.1 Å². The number of carbonyl (C=O) groups is 1. The Morgan fingerprint density at radius 1 is 1.56 bits per heavy atom. The molecule has 0 aliphatic rings. The summed E-state index contributed by atoms with van der Waals surface area (Å²) in [7, 11) is 1.24. The first kappa shape index (κ1) is 13.3. The number of ether oxygens (including phenoxy) is 1. The van der Waals surface area contributed by atoms with E-state index >= 15 is 0 Å². The molecule has 0 aliphatic heterocycles. The molecule has 0 atom stereocenters. The average molecular weight is 258 g/mol. The number of benzene rings is 1. The van der Waals surface area contributed by atoms with E-state index in [9.17, 15) is 4.79 Å². The van der Waals surface area contributed by atoms with E-state index in [1.54, 1.807) is 12.1 Å². The molecule has 1 aromatic rings. The van der Waals surface area contributed by atoms with Crippen molar-refractivity contribution < 1.29 is 14.6 Å². The molecule has 0 aliphatic carbocycles. The Labute approximate surface area is 104 Å². The number of aromatic carboxylic acids is 1. The van der Waals surface area contributed by atoms with Gasteiger partial charge in [0.05, 0.1) is 17.1 Å². The topological polar surface area (TPSA) is 46.5 Å². The number of carboxylic acids is 1. The summed E-state index contributed by atoms with van der Waals surface area (Å²) in [6, 6.07) is 4.78. The summed E-state index contributed by atoms with van der Waals surface area (Å²) in [4.78, 5) is 11.6. The summed E-state index contributed by atoms with van der Waals surface area (Å²) < 4.78 is 5.55. The molecule has 0 heterocycles. The van der Waals surface area contributed by atoms with Gasteiger partial charge in [-0.25, -0.2) is 4.79 Å². The Morgan fingerprint density at radius 2 is 2.25 bits per heavy atom. The quantitative estimate of drug-likeness (QED) is 0.628. The van der Waals surface area contributed by atoms with E-state index in [2.05, 4.69) is 11.7 Å². The molecular weight excluding hydrogens is 244 g/mol. The zero-order valence-electron chi connectivity index (χ0n) is 9.14. The van der Waals surface area contributed by atoms with E-state index in [0.717, 1.165) is 4.90 Å². The summed E-state index contributed by atoms with van der Waals surface area (Å²) in [5, 5.41) is 8.87. The molecule has 0 radical (unpaired) electrons. The second kappa shape index (κ2) is 6.06. The Balaban J connectivity index is 2.93. The van der Waals surface area contributed by atoms with Gasteiger partial charge < -0.3 is 9.84 Å². The van der Waals surface area contributed by atoms with Crippen molar-refractivity contribution in [3.63, 3.8) is 0 Å². The molecule has 0 saturated carbocycles. The van der Waals surface area contributed by atoms with Gasteiger partial charge in [0.1, 0.15) is 5.75 Å². The maximum atomic E-state index is 10.8. The number of rotatable bonds is 5. The third-order valence-corrected chi connectivity index (χ3v) is 2.99. The van der Waals surface area contributed by atoms with Gasteiger partial charge in [0.2, 0.25) is 0 Å². The van der Waals surface area contributed by atoms with Crippen LogP contribution in [0.1, 0.15) is 24.2 Å². The standard InChI is InChI=1S/C11H14O3S2/c1-7(2)6-14-9-5-8(11(12)13)3-4-10(9)16-15/h3-5,7,15H,6H2,1-2H3,(H,12,13). The molecule has 0 amide bonds. The molecule has 0 spiro atoms. The lowest BCUT2D eigenvalue weighted by atomic mass is 10.2. The molecule has 88 valence electrons. The predicted octanol–water partition coefficient (Wildman–Crippen LogP) is 3.36. The lowest BCUT2D eigenvalue weighted by Gasteiger charge is -2.12. The Bertz CT molecular complexity index is 377. The minimum absolute atomic E-state index is 0.227. The van der Waals surface area contributed by atoms with E-state index < -0.39 is 5.97 Å². The van der Waals surface area contributed by atoms with Crippen LogP contribution in [0.25, 0.3) is 0 Å². The van der Waals surface area contributed by atoms with Crippen molar-refractivity contribution in [2.45, 2.75) is 18.7 Å². The number of hydrogen-bond donors (Lipinski definition) is 2. The van der Waals surface area contributed by atoms with Gasteiger partial charge in [0.25, 0.3) is 0 Å². The summed E-state index contributed by atoms with van der Waals surface area (Å²) >= 11 is 4.10. The van der Waals surface area contributed by atoms with Gasteiger partial charge in [0, 0.05) is 0 Å². The first-order chi connectivity index (χ1) is 7.54. The minimum Gasteiger partial charge on any atom is -0.492 e. The summed E-state index contributed by atoms with van der Waals surface area (Å²) in [6.45, 7) is 4.63. The SMILES string of the molecule is CC(C)COc1cc(C(=O)O)ccc1SS. The fourth-order valence-electron chi connectivity index (χ4n) is 1.09. The van der Waals surface area contributed by atoms with Gasteiger partial charge in [-0.1, -0.05) is 24.6 Å². The zero-order chi connectivity index (χ0) is 12.1. The van der Waals surface area contributed by atoms with Crippen molar-refractivity contribution in [3.05, 3.63) is 23.8 Å². The summed E-state index contributed by atoms with van der Waals surface area (Å²) in [5.41, 5.74) is 0.227. The Hall–Kier alpha value is -0.810. The third-order valence-electron chi connectivity index (χ3n) is 1.86. The summed E-state index contributed by atoms with van der Waals surface area (Å²) in [6.07, 6.45) is 0. The normalized spacial score (nSPS) is 10.5. The van der Waals surface area contributed by atoms with Crippen molar-refractivity contribution in [1.29, 1.82) is 0 Å². The molecule has 0 fully saturated rings. The first-order valence-corrected chi connectivity index (χ1v) is 6.73. The molecule has 0 saturated heterocycles. The smallest absolute Gasteiger partial charge is 0.335 e. The Morgan fingerprint density at radius 3 is 2.75 bits per heavy atom. The van der Waals surface area contributed by atoms with Crippen LogP contribution in [0.5, 0.6) is 5.75 Å². The highest BCUT2D eigenvalue weighted by Gasteiger charge is 2.09. The van der Waals surface area contributed by atoms with E-state index in [0.29, 0.717) is 18.3 Å². The average Bonchev–Trinajstić information content (AvgIpc) is 2.25. The maximum Gasteiger partial charge on any atom is 0.335 e. The van der Waals surface area contributed by atoms with E-state index in [1.807, 2.05) is 13.8 Å². The molecule has 5 heteroatoms. The van der Waals surface area contributed by atoms with E-state index in [1.165, 1.54) is 16.9 Å². The zero-order valence-corrected chi connectivity index (χ0v) is 10.8. The number of carboxylic acid groups (broad SMARTS) is 1. The molecular formula is C11H14O3S2. The van der Waals surface area contributed by atoms with Gasteiger partial charge in [-0.2, -0.15) is 0 Å². The highest BCUT2D eigenvalue weighted by Crippen LogP contribution is 2.32. The lowest BCUT2D eigenvalue weighted by molar-refractivity contribution is 0.0696. The number of hydrogen-bond acceptors (Lipinski definition) is 4. The fraction of sp³-hybridized carbons (Fsp3) is 0.364.